The Balaban J connectivity index is 1.98. The van der Waals surface area contributed by atoms with Crippen LogP contribution in [0.15, 0.2) is 18.2 Å². The SMILES string of the molecule is Cc1cccc(C(=O)N(C)CC2CCCN2)n1. The summed E-state index contributed by atoms with van der Waals surface area (Å²) in [4.78, 5) is 18.1. The van der Waals surface area contributed by atoms with Gasteiger partial charge in [-0.1, -0.05) is 6.07 Å². The third-order valence-corrected chi connectivity index (χ3v) is 3.11. The van der Waals surface area contributed by atoms with Crippen LogP contribution < -0.4 is 5.32 Å². The van der Waals surface area contributed by atoms with E-state index in [4.69, 9.17) is 0 Å². The Bertz CT molecular complexity index is 399. The monoisotopic (exact) mass is 233 g/mol. The lowest BCUT2D eigenvalue weighted by atomic mass is 10.2. The zero-order valence-electron chi connectivity index (χ0n) is 10.4. The van der Waals surface area contributed by atoms with Crippen molar-refractivity contribution in [2.75, 3.05) is 20.1 Å². The van der Waals surface area contributed by atoms with Gasteiger partial charge >= 0.3 is 0 Å². The van der Waals surface area contributed by atoms with Crippen LogP contribution in [-0.4, -0.2) is 42.0 Å². The zero-order chi connectivity index (χ0) is 12.3. The number of likely N-dealkylation sites (N-methyl/N-ethyl adjacent to an activating group) is 1. The molecule has 1 fully saturated rings. The summed E-state index contributed by atoms with van der Waals surface area (Å²) >= 11 is 0. The Kier molecular flexibility index (Phi) is 3.74. The lowest BCUT2D eigenvalue weighted by molar-refractivity contribution is 0.0778. The molecule has 4 nitrogen and oxygen atoms in total. The highest BCUT2D eigenvalue weighted by Crippen LogP contribution is 2.08. The average molecular weight is 233 g/mol. The Morgan fingerprint density at radius 3 is 3.06 bits per heavy atom. The van der Waals surface area contributed by atoms with Gasteiger partial charge in [-0.15, -0.1) is 0 Å². The first-order valence-corrected chi connectivity index (χ1v) is 6.09. The number of rotatable bonds is 3. The van der Waals surface area contributed by atoms with Crippen molar-refractivity contribution in [3.63, 3.8) is 0 Å². The minimum absolute atomic E-state index is 0.00222. The van der Waals surface area contributed by atoms with E-state index < -0.39 is 0 Å². The van der Waals surface area contributed by atoms with E-state index in [9.17, 15) is 4.79 Å². The topological polar surface area (TPSA) is 45.2 Å². The zero-order valence-corrected chi connectivity index (χ0v) is 10.4. The molecule has 2 rings (SSSR count). The maximum absolute atomic E-state index is 12.1. The molecule has 1 N–H and O–H groups in total. The van der Waals surface area contributed by atoms with Gasteiger partial charge in [0.25, 0.3) is 5.91 Å². The highest BCUT2D eigenvalue weighted by Gasteiger charge is 2.20. The highest BCUT2D eigenvalue weighted by atomic mass is 16.2. The van der Waals surface area contributed by atoms with Gasteiger partial charge in [0.05, 0.1) is 0 Å². The van der Waals surface area contributed by atoms with Crippen LogP contribution in [0.1, 0.15) is 29.0 Å². The summed E-state index contributed by atoms with van der Waals surface area (Å²) < 4.78 is 0. The van der Waals surface area contributed by atoms with Gasteiger partial charge in [0.1, 0.15) is 5.69 Å². The smallest absolute Gasteiger partial charge is 0.272 e. The lowest BCUT2D eigenvalue weighted by Gasteiger charge is -2.21. The molecule has 1 amide bonds. The lowest BCUT2D eigenvalue weighted by Crippen LogP contribution is -2.38. The average Bonchev–Trinajstić information content (AvgIpc) is 2.80. The van der Waals surface area contributed by atoms with Gasteiger partial charge in [0.15, 0.2) is 0 Å². The predicted molar refractivity (Wildman–Crippen MR) is 67.0 cm³/mol. The van der Waals surface area contributed by atoms with E-state index in [0.717, 1.165) is 25.2 Å². The normalized spacial score (nSPS) is 19.3. The van der Waals surface area contributed by atoms with Crippen LogP contribution in [0.2, 0.25) is 0 Å². The first kappa shape index (κ1) is 12.0. The third kappa shape index (κ3) is 3.03. The molecule has 1 aliphatic rings. The molecule has 0 saturated carbocycles. The van der Waals surface area contributed by atoms with Crippen molar-refractivity contribution < 1.29 is 4.79 Å². The van der Waals surface area contributed by atoms with Crippen molar-refractivity contribution in [1.82, 2.24) is 15.2 Å². The van der Waals surface area contributed by atoms with Crippen molar-refractivity contribution in [2.45, 2.75) is 25.8 Å². The van der Waals surface area contributed by atoms with Crippen molar-refractivity contribution in [3.8, 4) is 0 Å². The molecule has 2 heterocycles. The summed E-state index contributed by atoms with van der Waals surface area (Å²) in [5, 5.41) is 3.39. The van der Waals surface area contributed by atoms with E-state index in [1.54, 1.807) is 11.0 Å². The largest absolute Gasteiger partial charge is 0.339 e. The van der Waals surface area contributed by atoms with Crippen LogP contribution in [-0.2, 0) is 0 Å². The van der Waals surface area contributed by atoms with Gasteiger partial charge < -0.3 is 10.2 Å². The quantitative estimate of drug-likeness (QED) is 0.853. The molecule has 92 valence electrons. The molecule has 0 bridgehead atoms. The number of hydrogen-bond acceptors (Lipinski definition) is 3. The summed E-state index contributed by atoms with van der Waals surface area (Å²) in [6, 6.07) is 5.98. The molecule has 1 aliphatic heterocycles. The van der Waals surface area contributed by atoms with Crippen molar-refractivity contribution >= 4 is 5.91 Å². The van der Waals surface area contributed by atoms with Crippen LogP contribution >= 0.6 is 0 Å². The van der Waals surface area contributed by atoms with Gasteiger partial charge in [0.2, 0.25) is 0 Å². The molecule has 4 heteroatoms. The van der Waals surface area contributed by atoms with Gasteiger partial charge in [-0.3, -0.25) is 4.79 Å². The molecular weight excluding hydrogens is 214 g/mol. The molecule has 1 aromatic rings. The van der Waals surface area contributed by atoms with E-state index in [1.165, 1.54) is 6.42 Å². The van der Waals surface area contributed by atoms with Gasteiger partial charge in [-0.05, 0) is 38.4 Å². The molecule has 17 heavy (non-hydrogen) atoms. The maximum atomic E-state index is 12.1. The number of aromatic nitrogens is 1. The molecule has 0 radical (unpaired) electrons. The van der Waals surface area contributed by atoms with Gasteiger partial charge in [-0.25, -0.2) is 4.98 Å². The molecular formula is C13H19N3O. The van der Waals surface area contributed by atoms with Crippen molar-refractivity contribution in [2.24, 2.45) is 0 Å². The fourth-order valence-electron chi connectivity index (χ4n) is 2.18. The van der Waals surface area contributed by atoms with Crippen LogP contribution in [0.4, 0.5) is 0 Å². The molecule has 1 saturated heterocycles. The second kappa shape index (κ2) is 5.27. The van der Waals surface area contributed by atoms with E-state index in [0.29, 0.717) is 11.7 Å². The minimum Gasteiger partial charge on any atom is -0.339 e. The van der Waals surface area contributed by atoms with E-state index in [2.05, 4.69) is 10.3 Å². The second-order valence-electron chi connectivity index (χ2n) is 4.64. The van der Waals surface area contributed by atoms with E-state index >= 15 is 0 Å². The van der Waals surface area contributed by atoms with E-state index in [1.807, 2.05) is 26.1 Å². The third-order valence-electron chi connectivity index (χ3n) is 3.11. The van der Waals surface area contributed by atoms with Crippen molar-refractivity contribution in [3.05, 3.63) is 29.6 Å². The highest BCUT2D eigenvalue weighted by molar-refractivity contribution is 5.92. The van der Waals surface area contributed by atoms with Crippen LogP contribution in [0.25, 0.3) is 0 Å². The number of aryl methyl sites for hydroxylation is 1. The number of carbonyl (C=O) groups excluding carboxylic acids is 1. The molecule has 0 spiro atoms. The summed E-state index contributed by atoms with van der Waals surface area (Å²) in [7, 11) is 1.84. The predicted octanol–water partition coefficient (Wildman–Crippen LogP) is 1.21. The second-order valence-corrected chi connectivity index (χ2v) is 4.64. The number of nitrogens with zero attached hydrogens (tertiary/aromatic N) is 2. The molecule has 1 atom stereocenters. The minimum atomic E-state index is 0.00222. The molecule has 0 aromatic carbocycles. The molecule has 1 unspecified atom stereocenters. The van der Waals surface area contributed by atoms with Crippen LogP contribution in [0.3, 0.4) is 0 Å². The number of pyridine rings is 1. The summed E-state index contributed by atoms with van der Waals surface area (Å²) in [6.07, 6.45) is 2.36. The summed E-state index contributed by atoms with van der Waals surface area (Å²) in [5.74, 6) is 0.00222. The Morgan fingerprint density at radius 2 is 2.41 bits per heavy atom. The number of nitrogens with one attached hydrogen (secondary N) is 1. The van der Waals surface area contributed by atoms with E-state index in [-0.39, 0.29) is 5.91 Å². The van der Waals surface area contributed by atoms with Crippen LogP contribution in [0.5, 0.6) is 0 Å². The molecule has 1 aromatic heterocycles. The standard InChI is InChI=1S/C13H19N3O/c1-10-5-3-7-12(15-10)13(17)16(2)9-11-6-4-8-14-11/h3,5,7,11,14H,4,6,8-9H2,1-2H3. The number of carbonyl (C=O) groups is 1. The number of hydrogen-bond donors (Lipinski definition) is 1. The first-order valence-electron chi connectivity index (χ1n) is 6.09. The Hall–Kier alpha value is -1.42. The van der Waals surface area contributed by atoms with Gasteiger partial charge in [-0.2, -0.15) is 0 Å². The summed E-state index contributed by atoms with van der Waals surface area (Å²) in [5.41, 5.74) is 1.41. The van der Waals surface area contributed by atoms with Gasteiger partial charge in [0, 0.05) is 25.3 Å². The van der Waals surface area contributed by atoms with Crippen LogP contribution in [0, 0.1) is 6.92 Å². The summed E-state index contributed by atoms with van der Waals surface area (Å²) in [6.45, 7) is 3.72. The fourth-order valence-corrected chi connectivity index (χ4v) is 2.18. The Morgan fingerprint density at radius 1 is 1.59 bits per heavy atom. The maximum Gasteiger partial charge on any atom is 0.272 e. The molecule has 0 aliphatic carbocycles. The first-order chi connectivity index (χ1) is 8.16. The number of amides is 1. The van der Waals surface area contributed by atoms with Crippen molar-refractivity contribution in [1.29, 1.82) is 0 Å². The Labute approximate surface area is 102 Å². The fraction of sp³-hybridized carbons (Fsp3) is 0.538.